The first kappa shape index (κ1) is 14.0. The van der Waals surface area contributed by atoms with Crippen molar-refractivity contribution in [2.24, 2.45) is 0 Å². The summed E-state index contributed by atoms with van der Waals surface area (Å²) >= 11 is 6.08. The number of amides is 1. The largest absolute Gasteiger partial charge is 0.465 e. The maximum Gasteiger partial charge on any atom is 0.407 e. The number of ether oxygens (including phenoxy) is 1. The maximum absolute atomic E-state index is 11.3. The van der Waals surface area contributed by atoms with E-state index in [-0.39, 0.29) is 17.5 Å². The van der Waals surface area contributed by atoms with Gasteiger partial charge in [-0.2, -0.15) is 0 Å². The van der Waals surface area contributed by atoms with E-state index in [1.807, 2.05) is 0 Å². The van der Waals surface area contributed by atoms with Crippen LogP contribution in [0.15, 0.2) is 0 Å². The molecule has 1 aromatic rings. The van der Waals surface area contributed by atoms with E-state index in [9.17, 15) is 9.90 Å². The topological polar surface area (TPSA) is 78.8 Å². The highest BCUT2D eigenvalue weighted by Gasteiger charge is 2.36. The van der Waals surface area contributed by atoms with E-state index in [1.54, 1.807) is 0 Å². The molecule has 0 saturated carbocycles. The Balaban J connectivity index is 1.70. The smallest absolute Gasteiger partial charge is 0.407 e. The number of halogens is 1. The number of carbonyl (C=O) groups is 1. The number of aromatic nitrogens is 2. The molecule has 2 bridgehead atoms. The van der Waals surface area contributed by atoms with Gasteiger partial charge in [-0.15, -0.1) is 0 Å². The Labute approximate surface area is 132 Å². The minimum Gasteiger partial charge on any atom is -0.465 e. The zero-order valence-electron chi connectivity index (χ0n) is 12.0. The molecule has 2 fully saturated rings. The lowest BCUT2D eigenvalue weighted by Gasteiger charge is -2.36. The van der Waals surface area contributed by atoms with Crippen LogP contribution in [0.2, 0.25) is 5.28 Å². The van der Waals surface area contributed by atoms with Gasteiger partial charge in [-0.25, -0.2) is 14.8 Å². The Bertz CT molecular complexity index is 614. The Morgan fingerprint density at radius 2 is 2.00 bits per heavy atom. The minimum absolute atomic E-state index is 0.233. The summed E-state index contributed by atoms with van der Waals surface area (Å²) in [6.07, 6.45) is 2.29. The van der Waals surface area contributed by atoms with Crippen molar-refractivity contribution in [1.82, 2.24) is 14.9 Å². The Hall–Kier alpha value is -1.60. The van der Waals surface area contributed by atoms with E-state index in [1.165, 1.54) is 4.90 Å². The van der Waals surface area contributed by atoms with Crippen LogP contribution in [0.3, 0.4) is 0 Å². The molecule has 1 aromatic heterocycles. The molecule has 2 saturated heterocycles. The van der Waals surface area contributed by atoms with Gasteiger partial charge in [0.15, 0.2) is 0 Å². The highest BCUT2D eigenvalue weighted by Crippen LogP contribution is 2.33. The van der Waals surface area contributed by atoms with Crippen LogP contribution in [-0.2, 0) is 17.7 Å². The third-order valence-electron chi connectivity index (χ3n) is 4.62. The van der Waals surface area contributed by atoms with Crippen LogP contribution in [-0.4, -0.2) is 57.9 Å². The van der Waals surface area contributed by atoms with Gasteiger partial charge in [0.25, 0.3) is 0 Å². The number of fused-ring (bicyclic) bond motifs is 3. The van der Waals surface area contributed by atoms with Crippen LogP contribution >= 0.6 is 11.6 Å². The minimum atomic E-state index is -0.909. The van der Waals surface area contributed by atoms with Crippen molar-refractivity contribution in [3.63, 3.8) is 0 Å². The summed E-state index contributed by atoms with van der Waals surface area (Å²) in [5, 5.41) is 9.47. The average Bonchev–Trinajstić information content (AvgIpc) is 2.84. The standard InChI is InChI=1S/C14H17ClN4O3/c15-13-16-11-3-4-18(14(20)21)7-10(11)12(17-13)19-5-8-1-2-9(6-19)22-8/h8-9H,1-7H2,(H,20,21). The van der Waals surface area contributed by atoms with Gasteiger partial charge in [0, 0.05) is 31.6 Å². The molecule has 0 aromatic carbocycles. The van der Waals surface area contributed by atoms with Crippen molar-refractivity contribution < 1.29 is 14.6 Å². The molecular formula is C14H17ClN4O3. The summed E-state index contributed by atoms with van der Waals surface area (Å²) in [5.41, 5.74) is 1.76. The van der Waals surface area contributed by atoms with Gasteiger partial charge in [-0.05, 0) is 24.4 Å². The van der Waals surface area contributed by atoms with E-state index < -0.39 is 6.09 Å². The first-order valence-electron chi connectivity index (χ1n) is 7.53. The predicted octanol–water partition coefficient (Wildman–Crippen LogP) is 1.53. The van der Waals surface area contributed by atoms with Crippen LogP contribution in [0, 0.1) is 0 Å². The first-order chi connectivity index (χ1) is 10.6. The molecule has 1 N–H and O–H groups in total. The maximum atomic E-state index is 11.3. The highest BCUT2D eigenvalue weighted by atomic mass is 35.5. The Morgan fingerprint density at radius 3 is 2.68 bits per heavy atom. The number of carboxylic acid groups (broad SMARTS) is 1. The molecule has 0 aliphatic carbocycles. The van der Waals surface area contributed by atoms with Crippen LogP contribution in [0.1, 0.15) is 24.1 Å². The van der Waals surface area contributed by atoms with E-state index in [2.05, 4.69) is 14.9 Å². The third kappa shape index (κ3) is 2.38. The zero-order chi connectivity index (χ0) is 15.3. The summed E-state index contributed by atoms with van der Waals surface area (Å²) in [4.78, 5) is 23.5. The van der Waals surface area contributed by atoms with Gasteiger partial charge in [0.2, 0.25) is 5.28 Å². The molecule has 2 unspecified atom stereocenters. The molecule has 3 aliphatic rings. The molecule has 4 rings (SSSR count). The number of morpholine rings is 1. The zero-order valence-corrected chi connectivity index (χ0v) is 12.8. The number of hydrogen-bond donors (Lipinski definition) is 1. The van der Waals surface area contributed by atoms with Crippen LogP contribution in [0.5, 0.6) is 0 Å². The fourth-order valence-electron chi connectivity index (χ4n) is 3.58. The molecule has 7 nitrogen and oxygen atoms in total. The normalized spacial score (nSPS) is 27.0. The number of anilines is 1. The molecule has 1 amide bonds. The van der Waals surface area contributed by atoms with Gasteiger partial charge >= 0.3 is 6.09 Å². The summed E-state index contributed by atoms with van der Waals surface area (Å²) in [5.74, 6) is 0.779. The molecule has 8 heteroatoms. The SMILES string of the molecule is O=C(O)N1CCc2nc(Cl)nc(N3CC4CCC(C3)O4)c2C1. The summed E-state index contributed by atoms with van der Waals surface area (Å²) in [6.45, 7) is 2.33. The number of rotatable bonds is 1. The van der Waals surface area contributed by atoms with Crippen molar-refractivity contribution in [2.45, 2.75) is 38.0 Å². The lowest BCUT2D eigenvalue weighted by atomic mass is 10.1. The van der Waals surface area contributed by atoms with E-state index in [0.29, 0.717) is 19.5 Å². The molecular weight excluding hydrogens is 308 g/mol. The van der Waals surface area contributed by atoms with Crippen molar-refractivity contribution in [2.75, 3.05) is 24.5 Å². The monoisotopic (exact) mass is 324 g/mol. The molecule has 118 valence electrons. The Morgan fingerprint density at radius 1 is 1.27 bits per heavy atom. The summed E-state index contributed by atoms with van der Waals surface area (Å²) < 4.78 is 5.86. The second-order valence-electron chi connectivity index (χ2n) is 6.06. The molecule has 0 spiro atoms. The van der Waals surface area contributed by atoms with E-state index in [4.69, 9.17) is 16.3 Å². The average molecular weight is 325 g/mol. The van der Waals surface area contributed by atoms with Gasteiger partial charge in [-0.3, -0.25) is 0 Å². The van der Waals surface area contributed by atoms with E-state index >= 15 is 0 Å². The molecule has 4 heterocycles. The molecule has 0 radical (unpaired) electrons. The predicted molar refractivity (Wildman–Crippen MR) is 79.3 cm³/mol. The lowest BCUT2D eigenvalue weighted by molar-refractivity contribution is 0.0300. The van der Waals surface area contributed by atoms with Gasteiger partial charge in [-0.1, -0.05) is 0 Å². The Kier molecular flexibility index (Phi) is 3.34. The van der Waals surface area contributed by atoms with Crippen molar-refractivity contribution in [3.05, 3.63) is 16.5 Å². The van der Waals surface area contributed by atoms with Gasteiger partial charge < -0.3 is 19.6 Å². The van der Waals surface area contributed by atoms with E-state index in [0.717, 1.165) is 43.0 Å². The second-order valence-corrected chi connectivity index (χ2v) is 6.40. The van der Waals surface area contributed by atoms with Crippen molar-refractivity contribution >= 4 is 23.5 Å². The lowest BCUT2D eigenvalue weighted by Crippen LogP contribution is -2.44. The molecule has 3 aliphatic heterocycles. The number of hydrogen-bond acceptors (Lipinski definition) is 5. The third-order valence-corrected chi connectivity index (χ3v) is 4.79. The van der Waals surface area contributed by atoms with Crippen molar-refractivity contribution in [1.29, 1.82) is 0 Å². The fourth-order valence-corrected chi connectivity index (χ4v) is 3.76. The van der Waals surface area contributed by atoms with Crippen LogP contribution in [0.25, 0.3) is 0 Å². The fraction of sp³-hybridized carbons (Fsp3) is 0.643. The van der Waals surface area contributed by atoms with Crippen molar-refractivity contribution in [3.8, 4) is 0 Å². The van der Waals surface area contributed by atoms with Crippen LogP contribution in [0.4, 0.5) is 10.6 Å². The summed E-state index contributed by atoms with van der Waals surface area (Å²) in [6, 6.07) is 0. The number of nitrogens with zero attached hydrogens (tertiary/aromatic N) is 4. The van der Waals surface area contributed by atoms with Gasteiger partial charge in [0.05, 0.1) is 24.4 Å². The van der Waals surface area contributed by atoms with Gasteiger partial charge in [0.1, 0.15) is 5.82 Å². The molecule has 2 atom stereocenters. The quantitative estimate of drug-likeness (QED) is 0.789. The molecule has 22 heavy (non-hydrogen) atoms. The highest BCUT2D eigenvalue weighted by molar-refractivity contribution is 6.28. The van der Waals surface area contributed by atoms with Crippen LogP contribution < -0.4 is 4.90 Å². The first-order valence-corrected chi connectivity index (χ1v) is 7.91. The second kappa shape index (κ2) is 5.24. The summed E-state index contributed by atoms with van der Waals surface area (Å²) in [7, 11) is 0.